The molecule has 1 atom stereocenters. The molecule has 0 bridgehead atoms. The summed E-state index contributed by atoms with van der Waals surface area (Å²) in [5.74, 6) is 1.12. The molecule has 1 unspecified atom stereocenters. The minimum Gasteiger partial charge on any atom is -0.357 e. The van der Waals surface area contributed by atoms with Crippen molar-refractivity contribution in [3.8, 4) is 0 Å². The second-order valence-corrected chi connectivity index (χ2v) is 6.39. The minimum absolute atomic E-state index is 0. The number of carbonyl (C=O) groups excluding carboxylic acids is 1. The van der Waals surface area contributed by atoms with Crippen LogP contribution in [0.4, 0.5) is 0 Å². The summed E-state index contributed by atoms with van der Waals surface area (Å²) in [6.45, 7) is 9.45. The molecule has 1 aromatic carbocycles. The first kappa shape index (κ1) is 21.7. The van der Waals surface area contributed by atoms with Crippen LogP contribution in [0.5, 0.6) is 0 Å². The highest BCUT2D eigenvalue weighted by Gasteiger charge is 2.19. The van der Waals surface area contributed by atoms with Crippen LogP contribution in [0.15, 0.2) is 29.3 Å². The summed E-state index contributed by atoms with van der Waals surface area (Å²) in [6.07, 6.45) is 2.73. The quantitative estimate of drug-likeness (QED) is 0.375. The van der Waals surface area contributed by atoms with Gasteiger partial charge < -0.3 is 15.5 Å². The van der Waals surface area contributed by atoms with Crippen LogP contribution in [-0.4, -0.2) is 35.9 Å². The molecule has 1 amide bonds. The SMILES string of the molecule is CCNC(=NCc1cccc(CN2CCCC2=O)c1)NC(C)CC.I. The third-order valence-corrected chi connectivity index (χ3v) is 4.30. The second kappa shape index (κ2) is 11.3. The number of hydrogen-bond acceptors (Lipinski definition) is 2. The molecule has 2 N–H and O–H groups in total. The summed E-state index contributed by atoms with van der Waals surface area (Å²) in [4.78, 5) is 18.4. The number of likely N-dealkylation sites (tertiary alicyclic amines) is 1. The molecular weight excluding hydrogens is 427 g/mol. The Bertz CT molecular complexity index is 576. The molecule has 1 saturated heterocycles. The van der Waals surface area contributed by atoms with Crippen LogP contribution >= 0.6 is 24.0 Å². The molecule has 5 nitrogen and oxygen atoms in total. The van der Waals surface area contributed by atoms with Crippen LogP contribution in [0.25, 0.3) is 0 Å². The number of hydrogen-bond donors (Lipinski definition) is 2. The molecule has 1 aliphatic rings. The van der Waals surface area contributed by atoms with Gasteiger partial charge in [-0.2, -0.15) is 0 Å². The third kappa shape index (κ3) is 7.22. The number of amides is 1. The maximum Gasteiger partial charge on any atom is 0.222 e. The van der Waals surface area contributed by atoms with E-state index in [1.54, 1.807) is 0 Å². The molecule has 1 fully saturated rings. The highest BCUT2D eigenvalue weighted by molar-refractivity contribution is 14.0. The minimum atomic E-state index is 0. The van der Waals surface area contributed by atoms with Gasteiger partial charge in [-0.3, -0.25) is 4.79 Å². The van der Waals surface area contributed by atoms with Crippen LogP contribution in [-0.2, 0) is 17.9 Å². The lowest BCUT2D eigenvalue weighted by Crippen LogP contribution is -2.41. The summed E-state index contributed by atoms with van der Waals surface area (Å²) in [5, 5.41) is 6.69. The van der Waals surface area contributed by atoms with Gasteiger partial charge >= 0.3 is 0 Å². The maximum absolute atomic E-state index is 11.8. The Hall–Kier alpha value is -1.31. The highest BCUT2D eigenvalue weighted by Crippen LogP contribution is 2.15. The molecule has 0 saturated carbocycles. The number of aliphatic imine (C=N–C) groups is 1. The Kier molecular flexibility index (Phi) is 9.85. The molecule has 1 aromatic rings. The van der Waals surface area contributed by atoms with Crippen LogP contribution in [0.2, 0.25) is 0 Å². The van der Waals surface area contributed by atoms with Crippen LogP contribution in [0.3, 0.4) is 0 Å². The van der Waals surface area contributed by atoms with E-state index in [1.807, 2.05) is 4.90 Å². The molecule has 0 spiro atoms. The molecule has 0 aliphatic carbocycles. The van der Waals surface area contributed by atoms with Gasteiger partial charge in [-0.25, -0.2) is 4.99 Å². The number of guanidine groups is 1. The van der Waals surface area contributed by atoms with Gasteiger partial charge in [-0.15, -0.1) is 24.0 Å². The van der Waals surface area contributed by atoms with Gasteiger partial charge in [0.1, 0.15) is 0 Å². The van der Waals surface area contributed by atoms with Crippen molar-refractivity contribution < 1.29 is 4.79 Å². The summed E-state index contributed by atoms with van der Waals surface area (Å²) < 4.78 is 0. The molecule has 6 heteroatoms. The standard InChI is InChI=1S/C19H30N4O.HI/c1-4-15(3)22-19(20-5-2)21-13-16-8-6-9-17(12-16)14-23-11-7-10-18(23)24;/h6,8-9,12,15H,4-5,7,10-11,13-14H2,1-3H3,(H2,20,21,22);1H. The normalized spacial score (nSPS) is 15.7. The Morgan fingerprint density at radius 3 is 2.72 bits per heavy atom. The lowest BCUT2D eigenvalue weighted by molar-refractivity contribution is -0.128. The van der Waals surface area contributed by atoms with Crippen molar-refractivity contribution in [2.75, 3.05) is 13.1 Å². The van der Waals surface area contributed by atoms with Gasteiger partial charge in [0.15, 0.2) is 5.96 Å². The zero-order valence-electron chi connectivity index (χ0n) is 15.5. The number of halogens is 1. The van der Waals surface area contributed by atoms with Crippen molar-refractivity contribution in [2.24, 2.45) is 4.99 Å². The molecule has 0 radical (unpaired) electrons. The smallest absolute Gasteiger partial charge is 0.222 e. The topological polar surface area (TPSA) is 56.7 Å². The lowest BCUT2D eigenvalue weighted by atomic mass is 10.1. The van der Waals surface area contributed by atoms with Crippen molar-refractivity contribution >= 4 is 35.8 Å². The number of nitrogens with one attached hydrogen (secondary N) is 2. The van der Waals surface area contributed by atoms with Gasteiger partial charge in [0.05, 0.1) is 6.54 Å². The number of nitrogens with zero attached hydrogens (tertiary/aromatic N) is 2. The van der Waals surface area contributed by atoms with Crippen molar-refractivity contribution in [3.05, 3.63) is 35.4 Å². The molecule has 1 heterocycles. The number of benzene rings is 1. The molecule has 0 aromatic heterocycles. The van der Waals surface area contributed by atoms with Gasteiger partial charge in [0.25, 0.3) is 0 Å². The van der Waals surface area contributed by atoms with E-state index in [1.165, 1.54) is 11.1 Å². The van der Waals surface area contributed by atoms with Crippen molar-refractivity contribution in [2.45, 2.75) is 59.2 Å². The fraction of sp³-hybridized carbons (Fsp3) is 0.579. The molecule has 2 rings (SSSR count). The van der Waals surface area contributed by atoms with Gasteiger partial charge in [-0.1, -0.05) is 31.2 Å². The van der Waals surface area contributed by atoms with E-state index < -0.39 is 0 Å². The van der Waals surface area contributed by atoms with Crippen LogP contribution in [0.1, 0.15) is 51.2 Å². The summed E-state index contributed by atoms with van der Waals surface area (Å²) >= 11 is 0. The summed E-state index contributed by atoms with van der Waals surface area (Å²) in [6, 6.07) is 8.78. The Labute approximate surface area is 168 Å². The first-order valence-electron chi connectivity index (χ1n) is 9.02. The van der Waals surface area contributed by atoms with E-state index >= 15 is 0 Å². The molecule has 140 valence electrons. The van der Waals surface area contributed by atoms with Crippen molar-refractivity contribution in [1.82, 2.24) is 15.5 Å². The lowest BCUT2D eigenvalue weighted by Gasteiger charge is -2.17. The van der Waals surface area contributed by atoms with E-state index in [-0.39, 0.29) is 29.9 Å². The van der Waals surface area contributed by atoms with Crippen molar-refractivity contribution in [1.29, 1.82) is 0 Å². The highest BCUT2D eigenvalue weighted by atomic mass is 127. The largest absolute Gasteiger partial charge is 0.357 e. The van der Waals surface area contributed by atoms with E-state index in [0.29, 0.717) is 25.6 Å². The average molecular weight is 458 g/mol. The predicted molar refractivity (Wildman–Crippen MR) is 114 cm³/mol. The zero-order chi connectivity index (χ0) is 17.4. The molecular formula is C19H31IN4O. The Balaban J connectivity index is 0.00000312. The Morgan fingerprint density at radius 1 is 1.32 bits per heavy atom. The second-order valence-electron chi connectivity index (χ2n) is 6.39. The van der Waals surface area contributed by atoms with E-state index in [2.05, 4.69) is 60.7 Å². The fourth-order valence-electron chi connectivity index (χ4n) is 2.74. The van der Waals surface area contributed by atoms with Gasteiger partial charge in [0, 0.05) is 32.1 Å². The summed E-state index contributed by atoms with van der Waals surface area (Å²) in [5.41, 5.74) is 2.35. The van der Waals surface area contributed by atoms with E-state index in [9.17, 15) is 4.79 Å². The summed E-state index contributed by atoms with van der Waals surface area (Å²) in [7, 11) is 0. The van der Waals surface area contributed by atoms with Crippen LogP contribution in [0, 0.1) is 0 Å². The van der Waals surface area contributed by atoms with Crippen LogP contribution < -0.4 is 10.6 Å². The fourth-order valence-corrected chi connectivity index (χ4v) is 2.74. The van der Waals surface area contributed by atoms with E-state index in [0.717, 1.165) is 31.9 Å². The zero-order valence-corrected chi connectivity index (χ0v) is 17.9. The third-order valence-electron chi connectivity index (χ3n) is 4.30. The molecule has 1 aliphatic heterocycles. The van der Waals surface area contributed by atoms with Gasteiger partial charge in [-0.05, 0) is 37.8 Å². The van der Waals surface area contributed by atoms with Crippen molar-refractivity contribution in [3.63, 3.8) is 0 Å². The van der Waals surface area contributed by atoms with E-state index in [4.69, 9.17) is 0 Å². The average Bonchev–Trinajstić information content (AvgIpc) is 2.98. The first-order valence-corrected chi connectivity index (χ1v) is 9.02. The number of carbonyl (C=O) groups is 1. The maximum atomic E-state index is 11.8. The monoisotopic (exact) mass is 458 g/mol. The predicted octanol–water partition coefficient (Wildman–Crippen LogP) is 3.28. The van der Waals surface area contributed by atoms with Gasteiger partial charge in [0.2, 0.25) is 5.91 Å². The Morgan fingerprint density at radius 2 is 2.08 bits per heavy atom. The number of rotatable bonds is 7. The first-order chi connectivity index (χ1) is 11.6. The molecule has 25 heavy (non-hydrogen) atoms.